The van der Waals surface area contributed by atoms with Gasteiger partial charge in [-0.25, -0.2) is 0 Å². The molecule has 0 radical (unpaired) electrons. The standard InChI is InChI=1S/C29H49NO5/c1-3-5-7-9-11-13-15-17-19-34-26-21-25(29(33)30-24-28(31)32)22-27(23-26)35-20-18-16-14-12-10-8-6-4-2/h21-23H,3-20,24H2,1-2H3,(H,30,33)(H,31,32). The van der Waals surface area contributed by atoms with E-state index in [0.717, 1.165) is 25.7 Å². The lowest BCUT2D eigenvalue weighted by molar-refractivity contribution is -0.135. The molecule has 35 heavy (non-hydrogen) atoms. The van der Waals surface area contributed by atoms with E-state index in [-0.39, 0.29) is 0 Å². The number of unbranched alkanes of at least 4 members (excludes halogenated alkanes) is 14. The lowest BCUT2D eigenvalue weighted by Gasteiger charge is -2.12. The molecule has 200 valence electrons. The number of benzene rings is 1. The number of ether oxygens (including phenoxy) is 2. The average molecular weight is 492 g/mol. The van der Waals surface area contributed by atoms with Gasteiger partial charge in [-0.3, -0.25) is 9.59 Å². The molecule has 0 aliphatic rings. The van der Waals surface area contributed by atoms with Crippen LogP contribution in [0.1, 0.15) is 127 Å². The highest BCUT2D eigenvalue weighted by Crippen LogP contribution is 2.24. The Balaban J connectivity index is 2.48. The average Bonchev–Trinajstić information content (AvgIpc) is 2.85. The van der Waals surface area contributed by atoms with Gasteiger partial charge in [-0.2, -0.15) is 0 Å². The Labute approximate surface area is 213 Å². The first-order chi connectivity index (χ1) is 17.1. The predicted octanol–water partition coefficient (Wildman–Crippen LogP) is 7.54. The number of carboxylic acids is 1. The molecule has 6 nitrogen and oxygen atoms in total. The lowest BCUT2D eigenvalue weighted by atomic mass is 10.1. The third kappa shape index (κ3) is 16.9. The molecule has 6 heteroatoms. The van der Waals surface area contributed by atoms with Crippen molar-refractivity contribution in [3.8, 4) is 11.5 Å². The fourth-order valence-electron chi connectivity index (χ4n) is 3.98. The third-order valence-electron chi connectivity index (χ3n) is 6.08. The molecule has 0 heterocycles. The van der Waals surface area contributed by atoms with E-state index in [1.807, 2.05) is 6.07 Å². The number of hydrogen-bond acceptors (Lipinski definition) is 4. The first-order valence-electron chi connectivity index (χ1n) is 14.0. The zero-order chi connectivity index (χ0) is 25.6. The van der Waals surface area contributed by atoms with E-state index in [1.165, 1.54) is 77.0 Å². The van der Waals surface area contributed by atoms with Crippen LogP contribution in [0.25, 0.3) is 0 Å². The van der Waals surface area contributed by atoms with Gasteiger partial charge in [0.05, 0.1) is 13.2 Å². The number of hydrogen-bond donors (Lipinski definition) is 2. The van der Waals surface area contributed by atoms with Crippen LogP contribution in [0.15, 0.2) is 18.2 Å². The fraction of sp³-hybridized carbons (Fsp3) is 0.724. The summed E-state index contributed by atoms with van der Waals surface area (Å²) in [6.45, 7) is 5.22. The number of carboxylic acid groups (broad SMARTS) is 1. The summed E-state index contributed by atoms with van der Waals surface area (Å²) in [5.74, 6) is -0.350. The molecule has 2 N–H and O–H groups in total. The SMILES string of the molecule is CCCCCCCCCCOc1cc(OCCCCCCCCCC)cc(C(=O)NCC(=O)O)c1. The second-order valence-corrected chi connectivity index (χ2v) is 9.42. The van der Waals surface area contributed by atoms with Crippen molar-refractivity contribution in [2.45, 2.75) is 117 Å². The summed E-state index contributed by atoms with van der Waals surface area (Å²) in [6.07, 6.45) is 19.6. The van der Waals surface area contributed by atoms with Gasteiger partial charge in [0.2, 0.25) is 0 Å². The van der Waals surface area contributed by atoms with Crippen LogP contribution in [0.2, 0.25) is 0 Å². The Morgan fingerprint density at radius 2 is 1.06 bits per heavy atom. The Kier molecular flexibility index (Phi) is 18.5. The van der Waals surface area contributed by atoms with Gasteiger partial charge in [-0.05, 0) is 25.0 Å². The van der Waals surface area contributed by atoms with E-state index in [4.69, 9.17) is 14.6 Å². The summed E-state index contributed by atoms with van der Waals surface area (Å²) in [4.78, 5) is 23.2. The number of nitrogens with one attached hydrogen (secondary N) is 1. The molecule has 0 unspecified atom stereocenters. The van der Waals surface area contributed by atoms with Crippen LogP contribution in [-0.4, -0.2) is 36.7 Å². The Bertz CT molecular complexity index is 651. The summed E-state index contributed by atoms with van der Waals surface area (Å²) in [5.41, 5.74) is 0.352. The highest BCUT2D eigenvalue weighted by Gasteiger charge is 2.12. The van der Waals surface area contributed by atoms with Gasteiger partial charge in [0.25, 0.3) is 5.91 Å². The number of amides is 1. The Hall–Kier alpha value is -2.24. The number of carbonyl (C=O) groups excluding carboxylic acids is 1. The van der Waals surface area contributed by atoms with E-state index >= 15 is 0 Å². The summed E-state index contributed by atoms with van der Waals surface area (Å²) < 4.78 is 11.8. The molecule has 1 aromatic carbocycles. The number of aliphatic carboxylic acids is 1. The second kappa shape index (κ2) is 21.1. The highest BCUT2D eigenvalue weighted by molar-refractivity contribution is 5.96. The van der Waals surface area contributed by atoms with Crippen LogP contribution in [0.5, 0.6) is 11.5 Å². The van der Waals surface area contributed by atoms with E-state index < -0.39 is 18.4 Å². The first-order valence-corrected chi connectivity index (χ1v) is 14.0. The van der Waals surface area contributed by atoms with Crippen molar-refractivity contribution >= 4 is 11.9 Å². The number of carbonyl (C=O) groups is 2. The maximum absolute atomic E-state index is 12.4. The molecule has 1 rings (SSSR count). The van der Waals surface area contributed by atoms with E-state index in [2.05, 4.69) is 19.2 Å². The van der Waals surface area contributed by atoms with Crippen molar-refractivity contribution < 1.29 is 24.2 Å². The van der Waals surface area contributed by atoms with Gasteiger partial charge in [-0.15, -0.1) is 0 Å². The van der Waals surface area contributed by atoms with Crippen LogP contribution < -0.4 is 14.8 Å². The van der Waals surface area contributed by atoms with Gasteiger partial charge in [0.1, 0.15) is 18.0 Å². The van der Waals surface area contributed by atoms with Crippen molar-refractivity contribution in [1.82, 2.24) is 5.32 Å². The minimum Gasteiger partial charge on any atom is -0.493 e. The minimum absolute atomic E-state index is 0.352. The first kappa shape index (κ1) is 30.8. The lowest BCUT2D eigenvalue weighted by Crippen LogP contribution is -2.29. The summed E-state index contributed by atoms with van der Waals surface area (Å²) in [6, 6.07) is 5.14. The molecule has 0 saturated heterocycles. The molecule has 0 fully saturated rings. The molecule has 0 aliphatic heterocycles. The molecule has 0 aromatic heterocycles. The van der Waals surface area contributed by atoms with Crippen molar-refractivity contribution in [2.75, 3.05) is 19.8 Å². The second-order valence-electron chi connectivity index (χ2n) is 9.42. The summed E-state index contributed by atoms with van der Waals surface area (Å²) in [5, 5.41) is 11.3. The zero-order valence-corrected chi connectivity index (χ0v) is 22.2. The molecule has 1 amide bonds. The molecule has 0 atom stereocenters. The van der Waals surface area contributed by atoms with Crippen LogP contribution in [-0.2, 0) is 4.79 Å². The maximum Gasteiger partial charge on any atom is 0.322 e. The predicted molar refractivity (Wildman–Crippen MR) is 143 cm³/mol. The van der Waals surface area contributed by atoms with Gasteiger partial charge in [-0.1, -0.05) is 104 Å². The molecule has 0 aliphatic carbocycles. The normalized spacial score (nSPS) is 10.8. The summed E-state index contributed by atoms with van der Waals surface area (Å²) in [7, 11) is 0. The van der Waals surface area contributed by atoms with Gasteiger partial charge in [0, 0.05) is 11.6 Å². The number of rotatable bonds is 23. The molecular weight excluding hydrogens is 442 g/mol. The maximum atomic E-state index is 12.4. The largest absolute Gasteiger partial charge is 0.493 e. The van der Waals surface area contributed by atoms with E-state index in [9.17, 15) is 9.59 Å². The zero-order valence-electron chi connectivity index (χ0n) is 22.2. The van der Waals surface area contributed by atoms with Crippen LogP contribution in [0, 0.1) is 0 Å². The van der Waals surface area contributed by atoms with Crippen molar-refractivity contribution in [1.29, 1.82) is 0 Å². The van der Waals surface area contributed by atoms with E-state index in [0.29, 0.717) is 30.3 Å². The van der Waals surface area contributed by atoms with Crippen molar-refractivity contribution in [3.05, 3.63) is 23.8 Å². The molecular formula is C29H49NO5. The quantitative estimate of drug-likeness (QED) is 0.154. The van der Waals surface area contributed by atoms with E-state index in [1.54, 1.807) is 12.1 Å². The van der Waals surface area contributed by atoms with Crippen LogP contribution in [0.4, 0.5) is 0 Å². The van der Waals surface area contributed by atoms with Gasteiger partial charge >= 0.3 is 5.97 Å². The Morgan fingerprint density at radius 1 is 0.657 bits per heavy atom. The molecule has 1 aromatic rings. The fourth-order valence-corrected chi connectivity index (χ4v) is 3.98. The van der Waals surface area contributed by atoms with Gasteiger partial charge < -0.3 is 19.9 Å². The highest BCUT2D eigenvalue weighted by atomic mass is 16.5. The Morgan fingerprint density at radius 3 is 1.46 bits per heavy atom. The third-order valence-corrected chi connectivity index (χ3v) is 6.08. The molecule has 0 saturated carbocycles. The monoisotopic (exact) mass is 491 g/mol. The van der Waals surface area contributed by atoms with Gasteiger partial charge in [0.15, 0.2) is 0 Å². The smallest absolute Gasteiger partial charge is 0.322 e. The topological polar surface area (TPSA) is 84.9 Å². The van der Waals surface area contributed by atoms with Crippen molar-refractivity contribution in [3.63, 3.8) is 0 Å². The van der Waals surface area contributed by atoms with Crippen LogP contribution in [0.3, 0.4) is 0 Å². The summed E-state index contributed by atoms with van der Waals surface area (Å²) >= 11 is 0. The molecule has 0 spiro atoms. The van der Waals surface area contributed by atoms with Crippen LogP contribution >= 0.6 is 0 Å². The minimum atomic E-state index is -1.08. The molecule has 0 bridgehead atoms. The van der Waals surface area contributed by atoms with Crippen molar-refractivity contribution in [2.24, 2.45) is 0 Å².